The highest BCUT2D eigenvalue weighted by Crippen LogP contribution is 2.30. The summed E-state index contributed by atoms with van der Waals surface area (Å²) in [6.07, 6.45) is 5.41. The third kappa shape index (κ3) is 5.32. The Morgan fingerprint density at radius 1 is 0.970 bits per heavy atom. The van der Waals surface area contributed by atoms with Crippen molar-refractivity contribution in [2.24, 2.45) is 5.92 Å². The van der Waals surface area contributed by atoms with Gasteiger partial charge in [-0.3, -0.25) is 19.7 Å². The van der Waals surface area contributed by atoms with Crippen LogP contribution in [0.4, 0.5) is 17.1 Å². The summed E-state index contributed by atoms with van der Waals surface area (Å²) in [6.45, 7) is 5.56. The number of rotatable bonds is 5. The van der Waals surface area contributed by atoms with Gasteiger partial charge in [0.1, 0.15) is 0 Å². The molecule has 8 nitrogen and oxygen atoms in total. The molecule has 2 aromatic rings. The zero-order valence-corrected chi connectivity index (χ0v) is 19.0. The van der Waals surface area contributed by atoms with Crippen molar-refractivity contribution in [1.82, 2.24) is 4.90 Å². The van der Waals surface area contributed by atoms with Crippen LogP contribution in [0.5, 0.6) is 0 Å². The number of benzene rings is 2. The number of carbonyl (C=O) groups excluding carboxylic acids is 2. The molecule has 2 amide bonds. The maximum atomic E-state index is 13.5. The first-order valence-electron chi connectivity index (χ1n) is 11.7. The maximum Gasteiger partial charge on any atom is 0.269 e. The monoisotopic (exact) mass is 450 g/mol. The van der Waals surface area contributed by atoms with Crippen LogP contribution in [0.3, 0.4) is 0 Å². The number of anilines is 2. The van der Waals surface area contributed by atoms with E-state index in [0.29, 0.717) is 22.7 Å². The van der Waals surface area contributed by atoms with Crippen LogP contribution < -0.4 is 10.2 Å². The summed E-state index contributed by atoms with van der Waals surface area (Å²) < 4.78 is 0. The van der Waals surface area contributed by atoms with Crippen LogP contribution in [0.2, 0.25) is 0 Å². The van der Waals surface area contributed by atoms with Gasteiger partial charge in [-0.25, -0.2) is 0 Å². The number of carbonyl (C=O) groups is 2. The highest BCUT2D eigenvalue weighted by atomic mass is 16.6. The van der Waals surface area contributed by atoms with Crippen molar-refractivity contribution in [2.75, 3.05) is 36.4 Å². The summed E-state index contributed by atoms with van der Waals surface area (Å²) in [5.41, 5.74) is 2.33. The molecule has 0 radical (unpaired) electrons. The number of non-ortho nitro benzene ring substituents is 1. The Kier molecular flexibility index (Phi) is 6.91. The molecular weight excluding hydrogens is 420 g/mol. The molecule has 2 fully saturated rings. The molecule has 33 heavy (non-hydrogen) atoms. The van der Waals surface area contributed by atoms with E-state index in [1.165, 1.54) is 30.7 Å². The van der Waals surface area contributed by atoms with E-state index < -0.39 is 4.92 Å². The Hall–Kier alpha value is -3.42. The molecule has 2 saturated heterocycles. The quantitative estimate of drug-likeness (QED) is 0.526. The number of nitrogens with one attached hydrogen (secondary N) is 1. The van der Waals surface area contributed by atoms with Crippen molar-refractivity contribution in [2.45, 2.75) is 39.0 Å². The first-order valence-corrected chi connectivity index (χ1v) is 11.7. The molecular formula is C25H30N4O4. The summed E-state index contributed by atoms with van der Waals surface area (Å²) in [5.74, 6) is 0.262. The molecule has 0 bridgehead atoms. The standard InChI is InChI=1S/C25H30N4O4/c1-18-11-15-28(16-12-18)25(31)22-17-20(7-10-23(22)27-13-3-2-4-14-27)26-24(30)19-5-8-21(9-6-19)29(32)33/h5-10,17-18H,2-4,11-16H2,1H3,(H,26,30). The largest absolute Gasteiger partial charge is 0.371 e. The molecule has 8 heteroatoms. The number of piperidine rings is 2. The molecule has 0 atom stereocenters. The number of hydrogen-bond acceptors (Lipinski definition) is 5. The van der Waals surface area contributed by atoms with Gasteiger partial charge in [-0.2, -0.15) is 0 Å². The molecule has 2 aliphatic rings. The zero-order chi connectivity index (χ0) is 23.4. The lowest BCUT2D eigenvalue weighted by Crippen LogP contribution is -2.39. The topological polar surface area (TPSA) is 95.8 Å². The van der Waals surface area contributed by atoms with Gasteiger partial charge in [-0.05, 0) is 68.4 Å². The van der Waals surface area contributed by atoms with Gasteiger partial charge in [-0.1, -0.05) is 6.92 Å². The molecule has 0 unspecified atom stereocenters. The third-order valence-corrected chi connectivity index (χ3v) is 6.59. The minimum Gasteiger partial charge on any atom is -0.371 e. The van der Waals surface area contributed by atoms with E-state index in [1.54, 1.807) is 6.07 Å². The normalized spacial score (nSPS) is 17.0. The van der Waals surface area contributed by atoms with Crippen LogP contribution in [0.1, 0.15) is 59.7 Å². The lowest BCUT2D eigenvalue weighted by atomic mass is 9.98. The predicted molar refractivity (Wildman–Crippen MR) is 128 cm³/mol. The van der Waals surface area contributed by atoms with Crippen LogP contribution in [0.15, 0.2) is 42.5 Å². The average molecular weight is 451 g/mol. The van der Waals surface area contributed by atoms with E-state index in [0.717, 1.165) is 57.5 Å². The van der Waals surface area contributed by atoms with E-state index >= 15 is 0 Å². The van der Waals surface area contributed by atoms with Gasteiger partial charge in [0.05, 0.1) is 10.5 Å². The zero-order valence-electron chi connectivity index (χ0n) is 19.0. The molecule has 174 valence electrons. The fourth-order valence-corrected chi connectivity index (χ4v) is 4.52. The second kappa shape index (κ2) is 10.0. The second-order valence-corrected chi connectivity index (χ2v) is 9.01. The fourth-order valence-electron chi connectivity index (χ4n) is 4.52. The molecule has 1 N–H and O–H groups in total. The van der Waals surface area contributed by atoms with Crippen molar-refractivity contribution < 1.29 is 14.5 Å². The number of nitro groups is 1. The van der Waals surface area contributed by atoms with E-state index in [4.69, 9.17) is 0 Å². The first kappa shape index (κ1) is 22.8. The van der Waals surface area contributed by atoms with Crippen LogP contribution in [-0.4, -0.2) is 47.8 Å². The second-order valence-electron chi connectivity index (χ2n) is 9.01. The van der Waals surface area contributed by atoms with E-state index in [9.17, 15) is 19.7 Å². The Labute approximate surface area is 193 Å². The molecule has 0 aliphatic carbocycles. The predicted octanol–water partition coefficient (Wildman–Crippen LogP) is 4.71. The maximum absolute atomic E-state index is 13.5. The van der Waals surface area contributed by atoms with Crippen molar-refractivity contribution >= 4 is 28.9 Å². The Bertz CT molecular complexity index is 1020. The van der Waals surface area contributed by atoms with Crippen molar-refractivity contribution in [3.05, 3.63) is 63.7 Å². The number of amides is 2. The highest BCUT2D eigenvalue weighted by Gasteiger charge is 2.26. The van der Waals surface area contributed by atoms with Gasteiger partial charge < -0.3 is 15.1 Å². The number of nitrogens with zero attached hydrogens (tertiary/aromatic N) is 3. The SMILES string of the molecule is CC1CCN(C(=O)c2cc(NC(=O)c3ccc([N+](=O)[O-])cc3)ccc2N2CCCCC2)CC1. The van der Waals surface area contributed by atoms with Gasteiger partial charge in [0.25, 0.3) is 17.5 Å². The molecule has 0 spiro atoms. The van der Waals surface area contributed by atoms with Gasteiger partial charge in [0, 0.05) is 55.2 Å². The van der Waals surface area contributed by atoms with Gasteiger partial charge in [-0.15, -0.1) is 0 Å². The molecule has 0 saturated carbocycles. The van der Waals surface area contributed by atoms with Crippen molar-refractivity contribution in [1.29, 1.82) is 0 Å². The fraction of sp³-hybridized carbons (Fsp3) is 0.440. The molecule has 0 aromatic heterocycles. The molecule has 2 aromatic carbocycles. The van der Waals surface area contributed by atoms with Gasteiger partial charge >= 0.3 is 0 Å². The Morgan fingerprint density at radius 2 is 1.64 bits per heavy atom. The summed E-state index contributed by atoms with van der Waals surface area (Å²) in [6, 6.07) is 11.0. The minimum absolute atomic E-state index is 0.00825. The third-order valence-electron chi connectivity index (χ3n) is 6.59. The van der Waals surface area contributed by atoms with E-state index in [-0.39, 0.29) is 17.5 Å². The average Bonchev–Trinajstić information content (AvgIpc) is 2.84. The van der Waals surface area contributed by atoms with Crippen molar-refractivity contribution in [3.8, 4) is 0 Å². The molecule has 2 heterocycles. The lowest BCUT2D eigenvalue weighted by molar-refractivity contribution is -0.384. The Balaban J connectivity index is 1.58. The summed E-state index contributed by atoms with van der Waals surface area (Å²) in [4.78, 5) is 40.8. The first-order chi connectivity index (χ1) is 15.9. The van der Waals surface area contributed by atoms with Gasteiger partial charge in [0.2, 0.25) is 0 Å². The minimum atomic E-state index is -0.500. The highest BCUT2D eigenvalue weighted by molar-refractivity contribution is 6.06. The molecule has 4 rings (SSSR count). The summed E-state index contributed by atoms with van der Waals surface area (Å²) in [7, 11) is 0. The van der Waals surface area contributed by atoms with Crippen LogP contribution in [0, 0.1) is 16.0 Å². The molecule has 2 aliphatic heterocycles. The van der Waals surface area contributed by atoms with Crippen molar-refractivity contribution in [3.63, 3.8) is 0 Å². The smallest absolute Gasteiger partial charge is 0.269 e. The lowest BCUT2D eigenvalue weighted by Gasteiger charge is -2.34. The van der Waals surface area contributed by atoms with E-state index in [1.807, 2.05) is 17.0 Å². The number of nitro benzene ring substituents is 1. The van der Waals surface area contributed by atoms with E-state index in [2.05, 4.69) is 17.1 Å². The summed E-state index contributed by atoms with van der Waals surface area (Å²) in [5, 5.41) is 13.7. The van der Waals surface area contributed by atoms with Gasteiger partial charge in [0.15, 0.2) is 0 Å². The number of likely N-dealkylation sites (tertiary alicyclic amines) is 1. The number of hydrogen-bond donors (Lipinski definition) is 1. The van der Waals surface area contributed by atoms with Crippen LogP contribution in [0.25, 0.3) is 0 Å². The van der Waals surface area contributed by atoms with Crippen LogP contribution >= 0.6 is 0 Å². The summed E-state index contributed by atoms with van der Waals surface area (Å²) >= 11 is 0. The Morgan fingerprint density at radius 3 is 2.27 bits per heavy atom. The van der Waals surface area contributed by atoms with Crippen LogP contribution in [-0.2, 0) is 0 Å².